The third-order valence-electron chi connectivity index (χ3n) is 1.87. The van der Waals surface area contributed by atoms with Gasteiger partial charge in [-0.3, -0.25) is 0 Å². The van der Waals surface area contributed by atoms with Crippen LogP contribution < -0.4 is 0 Å². The first-order chi connectivity index (χ1) is 6.47. The summed E-state index contributed by atoms with van der Waals surface area (Å²) in [7, 11) is -3.49. The van der Waals surface area contributed by atoms with Gasteiger partial charge in [0.25, 0.3) is 10.0 Å². The summed E-state index contributed by atoms with van der Waals surface area (Å²) in [5, 5.41) is 0. The van der Waals surface area contributed by atoms with E-state index in [2.05, 4.69) is 4.40 Å². The molecule has 1 aromatic carbocycles. The molecule has 0 aliphatic rings. The highest BCUT2D eigenvalue weighted by molar-refractivity contribution is 7.90. The Kier molecular flexibility index (Phi) is 3.06. The Morgan fingerprint density at radius 1 is 1.29 bits per heavy atom. The second-order valence-corrected chi connectivity index (χ2v) is 4.71. The molecule has 0 saturated heterocycles. The van der Waals surface area contributed by atoms with Gasteiger partial charge in [0.15, 0.2) is 0 Å². The molecule has 0 atom stereocenters. The van der Waals surface area contributed by atoms with E-state index in [0.29, 0.717) is 0 Å². The first-order valence-electron chi connectivity index (χ1n) is 4.29. The average Bonchev–Trinajstić information content (AvgIpc) is 2.09. The summed E-state index contributed by atoms with van der Waals surface area (Å²) in [5.74, 6) is 0. The van der Waals surface area contributed by atoms with Crippen molar-refractivity contribution in [3.8, 4) is 0 Å². The molecule has 14 heavy (non-hydrogen) atoms. The molecule has 0 aromatic heterocycles. The summed E-state index contributed by atoms with van der Waals surface area (Å²) in [6, 6.07) is 5.30. The van der Waals surface area contributed by atoms with Crippen LogP contribution in [0.15, 0.2) is 27.5 Å². The molecule has 0 spiro atoms. The maximum atomic E-state index is 11.6. The highest BCUT2D eigenvalue weighted by Gasteiger charge is 2.14. The van der Waals surface area contributed by atoms with E-state index in [1.54, 1.807) is 26.0 Å². The number of hydrogen-bond acceptors (Lipinski definition) is 2. The smallest absolute Gasteiger partial charge is 0.199 e. The normalized spacial score (nSPS) is 12.2. The molecule has 1 aromatic rings. The molecule has 0 unspecified atom stereocenters. The topological polar surface area (TPSA) is 46.5 Å². The van der Waals surface area contributed by atoms with E-state index in [1.165, 1.54) is 6.21 Å². The highest BCUT2D eigenvalue weighted by atomic mass is 32.2. The van der Waals surface area contributed by atoms with Crippen LogP contribution in [0, 0.1) is 13.8 Å². The van der Waals surface area contributed by atoms with Crippen molar-refractivity contribution in [2.24, 2.45) is 4.40 Å². The second kappa shape index (κ2) is 3.92. The van der Waals surface area contributed by atoms with E-state index in [9.17, 15) is 8.42 Å². The van der Waals surface area contributed by atoms with Crippen molar-refractivity contribution in [3.63, 3.8) is 0 Å². The Hall–Kier alpha value is -1.16. The molecule has 0 aliphatic heterocycles. The lowest BCUT2D eigenvalue weighted by Gasteiger charge is -2.03. The van der Waals surface area contributed by atoms with Gasteiger partial charge in [-0.05, 0) is 38.0 Å². The maximum absolute atomic E-state index is 11.6. The summed E-state index contributed by atoms with van der Waals surface area (Å²) in [4.78, 5) is 0.288. The van der Waals surface area contributed by atoms with Crippen LogP contribution in [0.3, 0.4) is 0 Å². The van der Waals surface area contributed by atoms with E-state index in [-0.39, 0.29) is 4.90 Å². The summed E-state index contributed by atoms with van der Waals surface area (Å²) < 4.78 is 26.7. The Balaban J connectivity index is 3.39. The summed E-state index contributed by atoms with van der Waals surface area (Å²) in [6.45, 7) is 5.20. The van der Waals surface area contributed by atoms with Gasteiger partial charge in [-0.15, -0.1) is 0 Å². The van der Waals surface area contributed by atoms with Crippen molar-refractivity contribution in [1.82, 2.24) is 0 Å². The van der Waals surface area contributed by atoms with Crippen molar-refractivity contribution in [2.45, 2.75) is 25.7 Å². The van der Waals surface area contributed by atoms with Gasteiger partial charge >= 0.3 is 0 Å². The zero-order valence-corrected chi connectivity index (χ0v) is 9.30. The quantitative estimate of drug-likeness (QED) is 0.703. The molecule has 3 nitrogen and oxygen atoms in total. The number of aryl methyl sites for hydroxylation is 2. The number of nitrogens with zero attached hydrogens (tertiary/aromatic N) is 1. The Labute approximate surface area is 84.5 Å². The fourth-order valence-corrected chi connectivity index (χ4v) is 2.38. The molecule has 76 valence electrons. The highest BCUT2D eigenvalue weighted by Crippen LogP contribution is 2.18. The summed E-state index contributed by atoms with van der Waals surface area (Å²) in [6.07, 6.45) is 1.29. The molecular weight excluding hydrogens is 198 g/mol. The Bertz CT molecular complexity index is 461. The van der Waals surface area contributed by atoms with Gasteiger partial charge < -0.3 is 0 Å². The lowest BCUT2D eigenvalue weighted by atomic mass is 10.2. The molecule has 0 saturated carbocycles. The predicted molar refractivity (Wildman–Crippen MR) is 57.3 cm³/mol. The van der Waals surface area contributed by atoms with Gasteiger partial charge in [0.1, 0.15) is 0 Å². The Morgan fingerprint density at radius 3 is 2.50 bits per heavy atom. The number of benzene rings is 1. The van der Waals surface area contributed by atoms with Gasteiger partial charge in [0.05, 0.1) is 4.90 Å². The van der Waals surface area contributed by atoms with Crippen molar-refractivity contribution in [2.75, 3.05) is 0 Å². The van der Waals surface area contributed by atoms with Gasteiger partial charge in [-0.1, -0.05) is 12.1 Å². The first-order valence-corrected chi connectivity index (χ1v) is 5.73. The van der Waals surface area contributed by atoms with Crippen LogP contribution in [-0.2, 0) is 10.0 Å². The van der Waals surface area contributed by atoms with Crippen molar-refractivity contribution in [3.05, 3.63) is 29.3 Å². The van der Waals surface area contributed by atoms with E-state index >= 15 is 0 Å². The molecule has 4 heteroatoms. The average molecular weight is 211 g/mol. The first kappa shape index (κ1) is 10.9. The van der Waals surface area contributed by atoms with Crippen LogP contribution in [0.4, 0.5) is 0 Å². The minimum Gasteiger partial charge on any atom is -0.199 e. The fourth-order valence-electron chi connectivity index (χ4n) is 1.18. The summed E-state index contributed by atoms with van der Waals surface area (Å²) >= 11 is 0. The Morgan fingerprint density at radius 2 is 1.93 bits per heavy atom. The predicted octanol–water partition coefficient (Wildman–Crippen LogP) is 2.08. The molecule has 0 fully saturated rings. The standard InChI is InChI=1S/C10H13NO2S/c1-4-11-14(12,13)10-7-8(2)5-6-9(10)3/h4-7H,1-3H3/b11-4+. The SMILES string of the molecule is C/C=N/S(=O)(=O)c1cc(C)ccc1C. The van der Waals surface area contributed by atoms with Crippen LogP contribution in [0.5, 0.6) is 0 Å². The van der Waals surface area contributed by atoms with Gasteiger partial charge in [-0.25, -0.2) is 0 Å². The molecular formula is C10H13NO2S. The van der Waals surface area contributed by atoms with Crippen LogP contribution >= 0.6 is 0 Å². The van der Waals surface area contributed by atoms with Crippen molar-refractivity contribution < 1.29 is 8.42 Å². The maximum Gasteiger partial charge on any atom is 0.282 e. The van der Waals surface area contributed by atoms with Gasteiger partial charge in [-0.2, -0.15) is 12.8 Å². The van der Waals surface area contributed by atoms with Crippen LogP contribution in [0.25, 0.3) is 0 Å². The number of sulfonamides is 1. The minimum atomic E-state index is -3.49. The van der Waals surface area contributed by atoms with E-state index in [0.717, 1.165) is 11.1 Å². The monoisotopic (exact) mass is 211 g/mol. The lowest BCUT2D eigenvalue weighted by molar-refractivity contribution is 0.597. The fraction of sp³-hybridized carbons (Fsp3) is 0.300. The van der Waals surface area contributed by atoms with Crippen molar-refractivity contribution in [1.29, 1.82) is 0 Å². The second-order valence-electron chi connectivity index (χ2n) is 3.11. The number of rotatable bonds is 2. The third kappa shape index (κ3) is 2.20. The molecule has 0 N–H and O–H groups in total. The van der Waals surface area contributed by atoms with Crippen LogP contribution in [0.1, 0.15) is 18.1 Å². The van der Waals surface area contributed by atoms with E-state index in [1.807, 2.05) is 13.0 Å². The third-order valence-corrected chi connectivity index (χ3v) is 3.35. The largest absolute Gasteiger partial charge is 0.282 e. The molecule has 1 rings (SSSR count). The van der Waals surface area contributed by atoms with Crippen LogP contribution in [-0.4, -0.2) is 14.6 Å². The zero-order valence-electron chi connectivity index (χ0n) is 8.48. The molecule has 0 radical (unpaired) electrons. The number of hydrogen-bond donors (Lipinski definition) is 0. The van der Waals surface area contributed by atoms with E-state index in [4.69, 9.17) is 0 Å². The molecule has 0 bridgehead atoms. The van der Waals surface area contributed by atoms with E-state index < -0.39 is 10.0 Å². The molecule has 0 aliphatic carbocycles. The van der Waals surface area contributed by atoms with Crippen LogP contribution in [0.2, 0.25) is 0 Å². The minimum absolute atomic E-state index is 0.288. The van der Waals surface area contributed by atoms with Crippen molar-refractivity contribution >= 4 is 16.2 Å². The van der Waals surface area contributed by atoms with Gasteiger partial charge in [0.2, 0.25) is 0 Å². The van der Waals surface area contributed by atoms with Gasteiger partial charge in [0, 0.05) is 6.21 Å². The zero-order chi connectivity index (χ0) is 10.8. The lowest BCUT2D eigenvalue weighted by Crippen LogP contribution is -2.00. The summed E-state index contributed by atoms with van der Waals surface area (Å²) in [5.41, 5.74) is 1.64. The molecule has 0 amide bonds. The molecule has 0 heterocycles.